The summed E-state index contributed by atoms with van der Waals surface area (Å²) in [6.45, 7) is 4.50. The maximum atomic E-state index is 3.76. The van der Waals surface area contributed by atoms with Gasteiger partial charge in [-0.25, -0.2) is 0 Å². The number of rotatable bonds is 4. The van der Waals surface area contributed by atoms with Crippen molar-refractivity contribution in [2.45, 2.75) is 64.8 Å². The van der Waals surface area contributed by atoms with Crippen molar-refractivity contribution in [3.63, 3.8) is 0 Å². The summed E-state index contributed by atoms with van der Waals surface area (Å²) < 4.78 is 1.17. The first-order valence-electron chi connectivity index (χ1n) is 7.71. The fourth-order valence-corrected chi connectivity index (χ4v) is 3.70. The Hall–Kier alpha value is -0.500. The number of anilines is 1. The number of hydrogen-bond acceptors (Lipinski definition) is 1. The van der Waals surface area contributed by atoms with Crippen LogP contribution in [0.2, 0.25) is 0 Å². The highest BCUT2D eigenvalue weighted by Crippen LogP contribution is 2.29. The summed E-state index contributed by atoms with van der Waals surface area (Å²) in [5.74, 6) is 0.975. The molecule has 0 aromatic heterocycles. The molecule has 0 saturated heterocycles. The van der Waals surface area contributed by atoms with Crippen molar-refractivity contribution in [3.05, 3.63) is 28.2 Å². The molecule has 1 saturated carbocycles. The van der Waals surface area contributed by atoms with Gasteiger partial charge in [0.1, 0.15) is 0 Å². The quantitative estimate of drug-likeness (QED) is 0.678. The number of benzene rings is 1. The molecule has 0 bridgehead atoms. The van der Waals surface area contributed by atoms with Crippen molar-refractivity contribution in [1.82, 2.24) is 0 Å². The monoisotopic (exact) mass is 323 g/mol. The Balaban J connectivity index is 1.92. The van der Waals surface area contributed by atoms with Crippen LogP contribution in [0.25, 0.3) is 0 Å². The van der Waals surface area contributed by atoms with E-state index in [0.717, 1.165) is 5.92 Å². The third kappa shape index (κ3) is 4.52. The summed E-state index contributed by atoms with van der Waals surface area (Å²) in [5.41, 5.74) is 2.64. The van der Waals surface area contributed by atoms with E-state index in [1.165, 1.54) is 60.7 Å². The molecule has 2 heteroatoms. The van der Waals surface area contributed by atoms with Crippen LogP contribution in [-0.4, -0.2) is 6.04 Å². The fraction of sp³-hybridized carbons (Fsp3) is 0.647. The zero-order valence-corrected chi connectivity index (χ0v) is 13.8. The number of nitrogens with one attached hydrogen (secondary N) is 1. The second-order valence-corrected chi connectivity index (χ2v) is 6.88. The summed E-state index contributed by atoms with van der Waals surface area (Å²) in [4.78, 5) is 0. The molecule has 2 atom stereocenters. The predicted molar refractivity (Wildman–Crippen MR) is 87.8 cm³/mol. The van der Waals surface area contributed by atoms with Crippen LogP contribution in [0.1, 0.15) is 57.4 Å². The van der Waals surface area contributed by atoms with E-state index in [1.54, 1.807) is 0 Å². The molecule has 1 aliphatic rings. The Morgan fingerprint density at radius 1 is 1.21 bits per heavy atom. The van der Waals surface area contributed by atoms with E-state index in [1.807, 2.05) is 0 Å². The first kappa shape index (κ1) is 14.9. The van der Waals surface area contributed by atoms with Crippen molar-refractivity contribution in [1.29, 1.82) is 0 Å². The zero-order chi connectivity index (χ0) is 13.7. The third-order valence-corrected chi connectivity index (χ3v) is 4.83. The van der Waals surface area contributed by atoms with Gasteiger partial charge in [-0.05, 0) is 55.9 Å². The van der Waals surface area contributed by atoms with Gasteiger partial charge in [-0.2, -0.15) is 0 Å². The second-order valence-electron chi connectivity index (χ2n) is 5.96. The van der Waals surface area contributed by atoms with Crippen molar-refractivity contribution >= 4 is 21.6 Å². The van der Waals surface area contributed by atoms with Gasteiger partial charge in [-0.1, -0.05) is 48.5 Å². The van der Waals surface area contributed by atoms with Crippen LogP contribution < -0.4 is 5.32 Å². The van der Waals surface area contributed by atoms with Gasteiger partial charge in [0.25, 0.3) is 0 Å². The van der Waals surface area contributed by atoms with Crippen LogP contribution in [0.4, 0.5) is 5.69 Å². The van der Waals surface area contributed by atoms with Gasteiger partial charge in [-0.3, -0.25) is 0 Å². The van der Waals surface area contributed by atoms with E-state index >= 15 is 0 Å². The lowest BCUT2D eigenvalue weighted by atomic mass is 9.95. The summed E-state index contributed by atoms with van der Waals surface area (Å²) in [7, 11) is 0. The molecule has 1 fully saturated rings. The van der Waals surface area contributed by atoms with E-state index in [-0.39, 0.29) is 0 Å². The topological polar surface area (TPSA) is 12.0 Å². The summed E-state index contributed by atoms with van der Waals surface area (Å²) in [6.07, 6.45) is 9.65. The standard InChI is InChI=1S/C17H26BrN/c1-3-5-14-6-4-7-16(10-8-14)19-17-11-9-15(18)12-13(17)2/h9,11-12,14,16,19H,3-8,10H2,1-2H3. The Kier molecular flexibility index (Phi) is 5.75. The highest BCUT2D eigenvalue weighted by atomic mass is 79.9. The van der Waals surface area contributed by atoms with E-state index in [0.29, 0.717) is 6.04 Å². The molecule has 19 heavy (non-hydrogen) atoms. The Labute approximate surface area is 126 Å². The predicted octanol–water partition coefficient (Wildman–Crippen LogP) is 5.92. The maximum Gasteiger partial charge on any atom is 0.0372 e. The SMILES string of the molecule is CCCC1CCCC(Nc2ccc(Br)cc2C)CC1. The van der Waals surface area contributed by atoms with Crippen LogP contribution in [0.5, 0.6) is 0 Å². The van der Waals surface area contributed by atoms with Crippen LogP contribution >= 0.6 is 15.9 Å². The number of halogens is 1. The summed E-state index contributed by atoms with van der Waals surface area (Å²) in [6, 6.07) is 7.19. The molecule has 2 unspecified atom stereocenters. The maximum absolute atomic E-state index is 3.76. The lowest BCUT2D eigenvalue weighted by molar-refractivity contribution is 0.422. The molecule has 1 nitrogen and oxygen atoms in total. The van der Waals surface area contributed by atoms with Gasteiger partial charge in [0, 0.05) is 16.2 Å². The minimum atomic E-state index is 0.668. The Morgan fingerprint density at radius 3 is 2.79 bits per heavy atom. The van der Waals surface area contributed by atoms with E-state index in [4.69, 9.17) is 0 Å². The van der Waals surface area contributed by atoms with E-state index < -0.39 is 0 Å². The normalized spacial score (nSPS) is 23.9. The highest BCUT2D eigenvalue weighted by Gasteiger charge is 2.18. The smallest absolute Gasteiger partial charge is 0.0372 e. The lowest BCUT2D eigenvalue weighted by Crippen LogP contribution is -2.19. The lowest BCUT2D eigenvalue weighted by Gasteiger charge is -2.19. The van der Waals surface area contributed by atoms with Crippen LogP contribution in [-0.2, 0) is 0 Å². The highest BCUT2D eigenvalue weighted by molar-refractivity contribution is 9.10. The third-order valence-electron chi connectivity index (χ3n) is 4.33. The molecule has 0 spiro atoms. The fourth-order valence-electron chi connectivity index (χ4n) is 3.23. The van der Waals surface area contributed by atoms with Gasteiger partial charge < -0.3 is 5.32 Å². The van der Waals surface area contributed by atoms with Gasteiger partial charge in [0.2, 0.25) is 0 Å². The summed E-state index contributed by atoms with van der Waals surface area (Å²) >= 11 is 3.53. The minimum Gasteiger partial charge on any atom is -0.382 e. The zero-order valence-electron chi connectivity index (χ0n) is 12.2. The van der Waals surface area contributed by atoms with Crippen molar-refractivity contribution in [2.75, 3.05) is 5.32 Å². The van der Waals surface area contributed by atoms with Crippen LogP contribution in [0.15, 0.2) is 22.7 Å². The molecule has 106 valence electrons. The Morgan fingerprint density at radius 2 is 2.05 bits per heavy atom. The molecule has 1 aliphatic carbocycles. The van der Waals surface area contributed by atoms with Gasteiger partial charge >= 0.3 is 0 Å². The first-order valence-corrected chi connectivity index (χ1v) is 8.51. The van der Waals surface area contributed by atoms with Crippen LogP contribution in [0, 0.1) is 12.8 Å². The molecular weight excluding hydrogens is 298 g/mol. The van der Waals surface area contributed by atoms with E-state index in [2.05, 4.69) is 53.3 Å². The molecule has 0 radical (unpaired) electrons. The van der Waals surface area contributed by atoms with Gasteiger partial charge in [-0.15, -0.1) is 0 Å². The average molecular weight is 324 g/mol. The van der Waals surface area contributed by atoms with Gasteiger partial charge in [0.15, 0.2) is 0 Å². The molecule has 1 N–H and O–H groups in total. The Bertz CT molecular complexity index is 402. The van der Waals surface area contributed by atoms with Crippen molar-refractivity contribution < 1.29 is 0 Å². The van der Waals surface area contributed by atoms with Crippen LogP contribution in [0.3, 0.4) is 0 Å². The first-order chi connectivity index (χ1) is 9.19. The molecular formula is C17H26BrN. The van der Waals surface area contributed by atoms with Crippen molar-refractivity contribution in [2.24, 2.45) is 5.92 Å². The summed E-state index contributed by atoms with van der Waals surface area (Å²) in [5, 5.41) is 3.76. The largest absolute Gasteiger partial charge is 0.382 e. The molecule has 2 rings (SSSR count). The number of aryl methyl sites for hydroxylation is 1. The molecule has 1 aromatic carbocycles. The van der Waals surface area contributed by atoms with E-state index in [9.17, 15) is 0 Å². The molecule has 1 aromatic rings. The second kappa shape index (κ2) is 7.33. The molecule has 0 amide bonds. The average Bonchev–Trinajstić information content (AvgIpc) is 2.59. The van der Waals surface area contributed by atoms with Crippen molar-refractivity contribution in [3.8, 4) is 0 Å². The molecule has 0 aliphatic heterocycles. The number of hydrogen-bond donors (Lipinski definition) is 1. The van der Waals surface area contributed by atoms with Gasteiger partial charge in [0.05, 0.1) is 0 Å². The molecule has 0 heterocycles. The minimum absolute atomic E-state index is 0.668.